The molecule has 2 aliphatic heterocycles. The van der Waals surface area contributed by atoms with Gasteiger partial charge in [0.05, 0.1) is 22.5 Å². The second-order valence-corrected chi connectivity index (χ2v) is 10.6. The number of aromatic amines is 1. The highest BCUT2D eigenvalue weighted by atomic mass is 16.5. The molecule has 1 aliphatic carbocycles. The molecule has 10 nitrogen and oxygen atoms in total. The van der Waals surface area contributed by atoms with Gasteiger partial charge in [-0.05, 0) is 51.1 Å². The zero-order valence-electron chi connectivity index (χ0n) is 22.5. The summed E-state index contributed by atoms with van der Waals surface area (Å²) in [6.07, 6.45) is 2.69. The molecule has 3 aromatic rings. The standard InChI is InChI=1S/C29H35N7O3/c1-33-13-4-14-35(16-15-33)21-9-7-19(8-10-21)26-25-27(32-31-26)22-5-3-6-23(24(22)28(25)37)36(29(30)38)34(2)20-11-17-39-18-12-20/h3,5-10,20H,4,11-18H2,1-2H3,(H2,30,38)(H,31,32). The number of anilines is 2. The van der Waals surface area contributed by atoms with E-state index in [4.69, 9.17) is 10.5 Å². The number of hydrazine groups is 1. The van der Waals surface area contributed by atoms with Crippen LogP contribution in [-0.4, -0.2) is 91.5 Å². The molecule has 2 fully saturated rings. The summed E-state index contributed by atoms with van der Waals surface area (Å²) in [5, 5.41) is 10.9. The van der Waals surface area contributed by atoms with Gasteiger partial charge in [-0.25, -0.2) is 14.8 Å². The molecule has 0 unspecified atom stereocenters. The van der Waals surface area contributed by atoms with Crippen LogP contribution in [-0.2, 0) is 4.74 Å². The summed E-state index contributed by atoms with van der Waals surface area (Å²) in [6.45, 7) is 5.41. The van der Waals surface area contributed by atoms with Gasteiger partial charge in [-0.1, -0.05) is 24.3 Å². The Kier molecular flexibility index (Phi) is 6.84. The minimum atomic E-state index is -0.630. The number of H-pyrrole nitrogens is 1. The molecule has 3 heterocycles. The molecule has 6 rings (SSSR count). The maximum Gasteiger partial charge on any atom is 0.334 e. The highest BCUT2D eigenvalue weighted by Gasteiger charge is 2.38. The van der Waals surface area contributed by atoms with E-state index in [0.29, 0.717) is 41.4 Å². The first kappa shape index (κ1) is 25.5. The number of carbonyl (C=O) groups is 2. The summed E-state index contributed by atoms with van der Waals surface area (Å²) >= 11 is 0. The molecule has 3 N–H and O–H groups in total. The number of hydrogen-bond acceptors (Lipinski definition) is 7. The van der Waals surface area contributed by atoms with Crippen LogP contribution in [0, 0.1) is 0 Å². The van der Waals surface area contributed by atoms with Crippen molar-refractivity contribution in [1.82, 2.24) is 20.1 Å². The molecule has 2 amide bonds. The zero-order chi connectivity index (χ0) is 27.1. The van der Waals surface area contributed by atoms with Crippen LogP contribution in [0.1, 0.15) is 35.2 Å². The molecule has 1 aromatic heterocycles. The van der Waals surface area contributed by atoms with Crippen molar-refractivity contribution < 1.29 is 14.3 Å². The Hall–Kier alpha value is -3.73. The number of primary amides is 1. The van der Waals surface area contributed by atoms with Crippen LogP contribution in [0.3, 0.4) is 0 Å². The lowest BCUT2D eigenvalue weighted by atomic mass is 10.0. The maximum atomic E-state index is 14.0. The van der Waals surface area contributed by atoms with Crippen molar-refractivity contribution in [1.29, 1.82) is 0 Å². The number of aromatic nitrogens is 2. The van der Waals surface area contributed by atoms with E-state index in [9.17, 15) is 9.59 Å². The smallest absolute Gasteiger partial charge is 0.334 e. The predicted octanol–water partition coefficient (Wildman–Crippen LogP) is 3.34. The second-order valence-electron chi connectivity index (χ2n) is 10.6. The van der Waals surface area contributed by atoms with E-state index in [1.54, 1.807) is 6.07 Å². The fraction of sp³-hybridized carbons (Fsp3) is 0.414. The lowest BCUT2D eigenvalue weighted by molar-refractivity contribution is 0.0419. The molecule has 3 aliphatic rings. The van der Waals surface area contributed by atoms with Crippen molar-refractivity contribution in [2.24, 2.45) is 5.73 Å². The molecular formula is C29H35N7O3. The topological polar surface area (TPSA) is 111 Å². The summed E-state index contributed by atoms with van der Waals surface area (Å²) in [5.41, 5.74) is 11.4. The van der Waals surface area contributed by atoms with Crippen LogP contribution < -0.4 is 15.6 Å². The van der Waals surface area contributed by atoms with Gasteiger partial charge in [0.1, 0.15) is 5.69 Å². The highest BCUT2D eigenvalue weighted by molar-refractivity contribution is 6.27. The van der Waals surface area contributed by atoms with Crippen LogP contribution in [0.2, 0.25) is 0 Å². The molecule has 0 radical (unpaired) electrons. The summed E-state index contributed by atoms with van der Waals surface area (Å²) in [7, 11) is 4.01. The first-order valence-electron chi connectivity index (χ1n) is 13.6. The minimum absolute atomic E-state index is 0.0804. The van der Waals surface area contributed by atoms with Gasteiger partial charge in [0.2, 0.25) is 0 Å². The zero-order valence-corrected chi connectivity index (χ0v) is 22.5. The lowest BCUT2D eigenvalue weighted by Gasteiger charge is -2.38. The third-order valence-corrected chi connectivity index (χ3v) is 8.23. The molecule has 0 atom stereocenters. The van der Waals surface area contributed by atoms with Gasteiger partial charge in [0.25, 0.3) is 0 Å². The largest absolute Gasteiger partial charge is 0.381 e. The highest BCUT2D eigenvalue weighted by Crippen LogP contribution is 2.44. The molecule has 204 valence electrons. The second kappa shape index (κ2) is 10.4. The van der Waals surface area contributed by atoms with E-state index in [2.05, 4.69) is 39.2 Å². The van der Waals surface area contributed by atoms with Crippen LogP contribution in [0.25, 0.3) is 22.5 Å². The Morgan fingerprint density at radius 3 is 2.56 bits per heavy atom. The van der Waals surface area contributed by atoms with Crippen molar-refractivity contribution >= 4 is 23.2 Å². The number of ether oxygens (including phenoxy) is 1. The van der Waals surface area contributed by atoms with Crippen molar-refractivity contribution in [2.45, 2.75) is 25.3 Å². The Morgan fingerprint density at radius 2 is 1.82 bits per heavy atom. The van der Waals surface area contributed by atoms with E-state index in [0.717, 1.165) is 56.6 Å². The van der Waals surface area contributed by atoms with E-state index < -0.39 is 6.03 Å². The SMILES string of the molecule is CN1CCCN(c2ccc(-c3n[nH]c4c3C(=O)c3c-4cccc3N(C(N)=O)N(C)C3CCOCC3)cc2)CC1. The molecule has 0 spiro atoms. The third kappa shape index (κ3) is 4.58. The number of rotatable bonds is 5. The van der Waals surface area contributed by atoms with E-state index >= 15 is 0 Å². The van der Waals surface area contributed by atoms with Crippen LogP contribution >= 0.6 is 0 Å². The van der Waals surface area contributed by atoms with Gasteiger partial charge in [0, 0.05) is 62.8 Å². The third-order valence-electron chi connectivity index (χ3n) is 8.23. The van der Waals surface area contributed by atoms with Gasteiger partial charge in [-0.3, -0.25) is 9.89 Å². The number of hydrogen-bond donors (Lipinski definition) is 2. The Morgan fingerprint density at radius 1 is 1.05 bits per heavy atom. The normalized spacial score (nSPS) is 18.2. The number of nitrogens with one attached hydrogen (secondary N) is 1. The number of fused-ring (bicyclic) bond motifs is 3. The number of urea groups is 1. The molecular weight excluding hydrogens is 494 g/mol. The molecule has 0 saturated carbocycles. The van der Waals surface area contributed by atoms with E-state index in [1.165, 1.54) is 10.7 Å². The van der Waals surface area contributed by atoms with Gasteiger partial charge in [-0.15, -0.1) is 0 Å². The molecule has 10 heteroatoms. The molecule has 0 bridgehead atoms. The predicted molar refractivity (Wildman–Crippen MR) is 151 cm³/mol. The van der Waals surface area contributed by atoms with Crippen molar-refractivity contribution in [3.63, 3.8) is 0 Å². The molecule has 2 saturated heterocycles. The number of likely N-dealkylation sites (N-methyl/N-ethyl adjacent to an activating group) is 1. The van der Waals surface area contributed by atoms with Crippen molar-refractivity contribution in [3.8, 4) is 22.5 Å². The van der Waals surface area contributed by atoms with Crippen LogP contribution in [0.15, 0.2) is 42.5 Å². The quantitative estimate of drug-likeness (QED) is 0.382. The van der Waals surface area contributed by atoms with Crippen molar-refractivity contribution in [3.05, 3.63) is 53.6 Å². The summed E-state index contributed by atoms with van der Waals surface area (Å²) in [6, 6.07) is 13.2. The lowest BCUT2D eigenvalue weighted by Crippen LogP contribution is -2.53. The Balaban J connectivity index is 1.31. The Labute approximate surface area is 228 Å². The number of benzene rings is 2. The number of nitrogens with two attached hydrogens (primary N) is 1. The van der Waals surface area contributed by atoms with Crippen LogP contribution in [0.5, 0.6) is 0 Å². The van der Waals surface area contributed by atoms with E-state index in [1.807, 2.05) is 36.3 Å². The minimum Gasteiger partial charge on any atom is -0.381 e. The molecule has 39 heavy (non-hydrogen) atoms. The van der Waals surface area contributed by atoms with Gasteiger partial charge in [0.15, 0.2) is 5.78 Å². The average molecular weight is 530 g/mol. The first-order chi connectivity index (χ1) is 18.9. The monoisotopic (exact) mass is 529 g/mol. The number of amides is 2. The summed E-state index contributed by atoms with van der Waals surface area (Å²) in [4.78, 5) is 31.5. The van der Waals surface area contributed by atoms with Crippen LogP contribution in [0.4, 0.5) is 16.2 Å². The first-order valence-corrected chi connectivity index (χ1v) is 13.6. The van der Waals surface area contributed by atoms with Gasteiger partial charge < -0.3 is 20.3 Å². The van der Waals surface area contributed by atoms with Crippen molar-refractivity contribution in [2.75, 3.05) is 63.4 Å². The fourth-order valence-electron chi connectivity index (χ4n) is 6.06. The maximum absolute atomic E-state index is 14.0. The number of carbonyl (C=O) groups excluding carboxylic acids is 2. The summed E-state index contributed by atoms with van der Waals surface area (Å²) < 4.78 is 5.49. The van der Waals surface area contributed by atoms with Gasteiger partial charge >= 0.3 is 6.03 Å². The number of ketones is 1. The van der Waals surface area contributed by atoms with Gasteiger partial charge in [-0.2, -0.15) is 5.10 Å². The average Bonchev–Trinajstić information content (AvgIpc) is 3.42. The Bertz CT molecular complexity index is 1380. The summed E-state index contributed by atoms with van der Waals surface area (Å²) in [5.74, 6) is -0.161. The van der Waals surface area contributed by atoms with E-state index in [-0.39, 0.29) is 11.8 Å². The molecule has 2 aromatic carbocycles. The fourth-order valence-corrected chi connectivity index (χ4v) is 6.06. The number of nitrogens with zero attached hydrogens (tertiary/aromatic N) is 5.